The molecule has 2 unspecified atom stereocenters. The summed E-state index contributed by atoms with van der Waals surface area (Å²) in [7, 11) is 0. The van der Waals surface area contributed by atoms with Gasteiger partial charge in [0.05, 0.1) is 11.9 Å². The number of imidazole rings is 1. The molecule has 1 saturated carbocycles. The summed E-state index contributed by atoms with van der Waals surface area (Å²) >= 11 is 0. The van der Waals surface area contributed by atoms with Crippen molar-refractivity contribution in [1.82, 2.24) is 19.5 Å². The number of nitrogens with zero attached hydrogens (tertiary/aromatic N) is 2. The molecule has 0 amide bonds. The van der Waals surface area contributed by atoms with Crippen LogP contribution in [0.3, 0.4) is 0 Å². The second kappa shape index (κ2) is 5.74. The van der Waals surface area contributed by atoms with Gasteiger partial charge in [0, 0.05) is 0 Å². The van der Waals surface area contributed by atoms with Gasteiger partial charge in [-0.25, -0.2) is 9.78 Å². The number of H-pyrrole nitrogens is 2. The smallest absolute Gasteiger partial charge is 0.330 e. The molecule has 2 heterocycles. The first-order chi connectivity index (χ1) is 10.6. The van der Waals surface area contributed by atoms with Crippen LogP contribution >= 0.6 is 0 Å². The molecule has 0 bridgehead atoms. The van der Waals surface area contributed by atoms with E-state index in [4.69, 9.17) is 0 Å². The minimum Gasteiger partial charge on any atom is -0.339 e. The summed E-state index contributed by atoms with van der Waals surface area (Å²) in [5.74, 6) is 0.400. The summed E-state index contributed by atoms with van der Waals surface area (Å²) in [6, 6.07) is 0. The van der Waals surface area contributed by atoms with E-state index in [2.05, 4.69) is 28.8 Å². The average molecular weight is 304 g/mol. The molecule has 2 aromatic rings. The molecule has 0 spiro atoms. The van der Waals surface area contributed by atoms with Gasteiger partial charge in [-0.2, -0.15) is 0 Å². The second-order valence-electron chi connectivity index (χ2n) is 6.43. The Kier molecular flexibility index (Phi) is 3.93. The summed E-state index contributed by atoms with van der Waals surface area (Å²) in [5, 5.41) is 0. The monoisotopic (exact) mass is 304 g/mol. The van der Waals surface area contributed by atoms with Crippen LogP contribution in [0.25, 0.3) is 11.2 Å². The summed E-state index contributed by atoms with van der Waals surface area (Å²) in [6.07, 6.45) is 8.53. The zero-order chi connectivity index (χ0) is 15.7. The first kappa shape index (κ1) is 15.1. The minimum atomic E-state index is -0.339. The van der Waals surface area contributed by atoms with Crippen molar-refractivity contribution in [1.29, 1.82) is 0 Å². The Bertz CT molecular complexity index is 772. The molecule has 6 nitrogen and oxygen atoms in total. The Labute approximate surface area is 129 Å². The molecule has 22 heavy (non-hydrogen) atoms. The topological polar surface area (TPSA) is 83.5 Å². The van der Waals surface area contributed by atoms with E-state index < -0.39 is 0 Å². The third-order valence-corrected chi connectivity index (χ3v) is 5.17. The highest BCUT2D eigenvalue weighted by atomic mass is 16.2. The van der Waals surface area contributed by atoms with Gasteiger partial charge in [0.1, 0.15) is 5.52 Å². The molecule has 1 aliphatic rings. The standard InChI is InChI=1S/C16H24N4O2/c1-3-6-11-7-5-9-16(11,8-4-2)20-14(21)12-13(18-10-17-12)19-15(20)22/h10-11H,3-9H2,1-2H3,(H,17,18)(H,19,22). The highest BCUT2D eigenvalue weighted by Gasteiger charge is 2.45. The molecule has 0 saturated heterocycles. The first-order valence-corrected chi connectivity index (χ1v) is 8.33. The van der Waals surface area contributed by atoms with Crippen LogP contribution in [-0.2, 0) is 5.54 Å². The summed E-state index contributed by atoms with van der Waals surface area (Å²) in [4.78, 5) is 35.2. The Morgan fingerprint density at radius 1 is 1.36 bits per heavy atom. The quantitative estimate of drug-likeness (QED) is 0.890. The number of rotatable bonds is 5. The van der Waals surface area contributed by atoms with Crippen molar-refractivity contribution >= 4 is 11.2 Å². The number of nitrogens with one attached hydrogen (secondary N) is 2. The largest absolute Gasteiger partial charge is 0.339 e. The predicted molar refractivity (Wildman–Crippen MR) is 86.1 cm³/mol. The Hall–Kier alpha value is -1.85. The Morgan fingerprint density at radius 3 is 2.91 bits per heavy atom. The first-order valence-electron chi connectivity index (χ1n) is 8.33. The second-order valence-corrected chi connectivity index (χ2v) is 6.43. The molecule has 6 heteroatoms. The van der Waals surface area contributed by atoms with Gasteiger partial charge in [-0.15, -0.1) is 0 Å². The van der Waals surface area contributed by atoms with Crippen LogP contribution in [0.4, 0.5) is 0 Å². The number of hydrogen-bond acceptors (Lipinski definition) is 3. The molecule has 120 valence electrons. The molecule has 1 fully saturated rings. The number of hydrogen-bond donors (Lipinski definition) is 2. The summed E-state index contributed by atoms with van der Waals surface area (Å²) in [5.41, 5.74) is -0.136. The van der Waals surface area contributed by atoms with Crippen LogP contribution in [0, 0.1) is 5.92 Å². The van der Waals surface area contributed by atoms with E-state index >= 15 is 0 Å². The van der Waals surface area contributed by atoms with E-state index in [0.717, 1.165) is 44.9 Å². The van der Waals surface area contributed by atoms with Crippen LogP contribution < -0.4 is 11.2 Å². The zero-order valence-corrected chi connectivity index (χ0v) is 13.3. The lowest BCUT2D eigenvalue weighted by Crippen LogP contribution is -2.51. The highest BCUT2D eigenvalue weighted by molar-refractivity contribution is 5.67. The summed E-state index contributed by atoms with van der Waals surface area (Å²) < 4.78 is 1.50. The van der Waals surface area contributed by atoms with Gasteiger partial charge in [0.2, 0.25) is 0 Å². The SMILES string of the molecule is CCCC1CCCC1(CCC)n1c(=O)[nH]c2nc[nH]c2c1=O. The van der Waals surface area contributed by atoms with E-state index in [1.165, 1.54) is 10.9 Å². The summed E-state index contributed by atoms with van der Waals surface area (Å²) in [6.45, 7) is 4.29. The number of aromatic nitrogens is 4. The molecule has 2 N–H and O–H groups in total. The third kappa shape index (κ3) is 2.12. The van der Waals surface area contributed by atoms with E-state index in [-0.39, 0.29) is 16.8 Å². The molecule has 0 aliphatic heterocycles. The minimum absolute atomic E-state index is 0.229. The number of fused-ring (bicyclic) bond motifs is 1. The molecule has 1 aliphatic carbocycles. The maximum absolute atomic E-state index is 12.9. The molecule has 0 aromatic carbocycles. The normalized spacial score (nSPS) is 25.1. The van der Waals surface area contributed by atoms with E-state index in [9.17, 15) is 9.59 Å². The molecule has 0 radical (unpaired) electrons. The lowest BCUT2D eigenvalue weighted by molar-refractivity contribution is 0.162. The fourth-order valence-electron chi connectivity index (χ4n) is 4.37. The van der Waals surface area contributed by atoms with Crippen LogP contribution in [0.5, 0.6) is 0 Å². The average Bonchev–Trinajstić information content (AvgIpc) is 3.08. The molecule has 3 rings (SSSR count). The van der Waals surface area contributed by atoms with Gasteiger partial charge in [-0.3, -0.25) is 14.3 Å². The van der Waals surface area contributed by atoms with Crippen molar-refractivity contribution in [2.45, 2.75) is 64.3 Å². The van der Waals surface area contributed by atoms with Gasteiger partial charge in [0.25, 0.3) is 5.56 Å². The lowest BCUT2D eigenvalue weighted by atomic mass is 9.80. The van der Waals surface area contributed by atoms with E-state index in [0.29, 0.717) is 17.1 Å². The van der Waals surface area contributed by atoms with Crippen molar-refractivity contribution in [3.05, 3.63) is 27.2 Å². The van der Waals surface area contributed by atoms with Crippen LogP contribution in [0.1, 0.15) is 58.8 Å². The molecule has 2 atom stereocenters. The van der Waals surface area contributed by atoms with Crippen molar-refractivity contribution in [2.24, 2.45) is 5.92 Å². The van der Waals surface area contributed by atoms with Crippen LogP contribution in [-0.4, -0.2) is 19.5 Å². The molecular weight excluding hydrogens is 280 g/mol. The van der Waals surface area contributed by atoms with Crippen LogP contribution in [0.2, 0.25) is 0 Å². The van der Waals surface area contributed by atoms with Crippen molar-refractivity contribution in [2.75, 3.05) is 0 Å². The molecular formula is C16H24N4O2. The van der Waals surface area contributed by atoms with Gasteiger partial charge in [0.15, 0.2) is 5.65 Å². The highest BCUT2D eigenvalue weighted by Crippen LogP contribution is 2.46. The van der Waals surface area contributed by atoms with Crippen molar-refractivity contribution < 1.29 is 0 Å². The van der Waals surface area contributed by atoms with Gasteiger partial charge < -0.3 is 4.98 Å². The van der Waals surface area contributed by atoms with Crippen LogP contribution in [0.15, 0.2) is 15.9 Å². The lowest BCUT2D eigenvalue weighted by Gasteiger charge is -2.36. The van der Waals surface area contributed by atoms with Gasteiger partial charge in [-0.05, 0) is 31.6 Å². The van der Waals surface area contributed by atoms with Crippen molar-refractivity contribution in [3.8, 4) is 0 Å². The Morgan fingerprint density at radius 2 is 2.18 bits per heavy atom. The van der Waals surface area contributed by atoms with Gasteiger partial charge in [-0.1, -0.05) is 33.1 Å². The van der Waals surface area contributed by atoms with E-state index in [1.807, 2.05) is 0 Å². The maximum Gasteiger partial charge on any atom is 0.330 e. The third-order valence-electron chi connectivity index (χ3n) is 5.17. The maximum atomic E-state index is 12.9. The zero-order valence-electron chi connectivity index (χ0n) is 13.3. The molecule has 2 aromatic heterocycles. The number of aromatic amines is 2. The fourth-order valence-corrected chi connectivity index (χ4v) is 4.37. The van der Waals surface area contributed by atoms with E-state index in [1.54, 1.807) is 0 Å². The van der Waals surface area contributed by atoms with Gasteiger partial charge >= 0.3 is 5.69 Å². The predicted octanol–water partition coefficient (Wildman–Crippen LogP) is 2.51. The Balaban J connectivity index is 2.25. The van der Waals surface area contributed by atoms with Crippen molar-refractivity contribution in [3.63, 3.8) is 0 Å². The fraction of sp³-hybridized carbons (Fsp3) is 0.688.